The van der Waals surface area contributed by atoms with Gasteiger partial charge in [-0.25, -0.2) is 0 Å². The Morgan fingerprint density at radius 2 is 2.08 bits per heavy atom. The lowest BCUT2D eigenvalue weighted by atomic mass is 10.2. The van der Waals surface area contributed by atoms with E-state index in [1.165, 1.54) is 0 Å². The molecule has 0 saturated carbocycles. The van der Waals surface area contributed by atoms with E-state index in [0.29, 0.717) is 0 Å². The predicted molar refractivity (Wildman–Crippen MR) is 57.2 cm³/mol. The first-order valence-corrected chi connectivity index (χ1v) is 4.36. The minimum absolute atomic E-state index is 0.910. The zero-order chi connectivity index (χ0) is 9.52. The van der Waals surface area contributed by atoms with Gasteiger partial charge in [-0.1, -0.05) is 25.1 Å². The van der Waals surface area contributed by atoms with Gasteiger partial charge in [0.05, 0.1) is 5.69 Å². The van der Waals surface area contributed by atoms with Crippen LogP contribution in [-0.4, -0.2) is 6.21 Å². The lowest BCUT2D eigenvalue weighted by molar-refractivity contribution is 1.16. The summed E-state index contributed by atoms with van der Waals surface area (Å²) in [5.41, 5.74) is 7.39. The summed E-state index contributed by atoms with van der Waals surface area (Å²) in [6, 6.07) is 9.81. The summed E-state index contributed by atoms with van der Waals surface area (Å²) in [5, 5.41) is 0. The first kappa shape index (κ1) is 9.52. The van der Waals surface area contributed by atoms with Crippen molar-refractivity contribution in [2.75, 3.05) is 0 Å². The Balaban J connectivity index is 2.69. The molecule has 0 aromatic heterocycles. The van der Waals surface area contributed by atoms with Crippen molar-refractivity contribution in [3.8, 4) is 0 Å². The molecule has 0 spiro atoms. The van der Waals surface area contributed by atoms with Crippen LogP contribution in [0.25, 0.3) is 0 Å². The summed E-state index contributed by atoms with van der Waals surface area (Å²) >= 11 is 0. The fraction of sp³-hybridized carbons (Fsp3) is 0.182. The molecule has 0 amide bonds. The molecule has 0 unspecified atom stereocenters. The smallest absolute Gasteiger partial charge is 0.0629 e. The van der Waals surface area contributed by atoms with Crippen molar-refractivity contribution in [1.29, 1.82) is 0 Å². The van der Waals surface area contributed by atoms with E-state index in [-0.39, 0.29) is 0 Å². The van der Waals surface area contributed by atoms with Gasteiger partial charge in [0.25, 0.3) is 0 Å². The Hall–Kier alpha value is -1.57. The fourth-order valence-corrected chi connectivity index (χ4v) is 0.924. The molecule has 0 fully saturated rings. The molecule has 0 atom stereocenters. The Morgan fingerprint density at radius 1 is 1.38 bits per heavy atom. The highest BCUT2D eigenvalue weighted by Gasteiger charge is 1.87. The number of para-hydroxylation sites is 1. The molecule has 2 nitrogen and oxygen atoms in total. The van der Waals surface area contributed by atoms with Crippen LogP contribution >= 0.6 is 0 Å². The summed E-state index contributed by atoms with van der Waals surface area (Å²) in [5.74, 6) is 0. The maximum Gasteiger partial charge on any atom is 0.0629 e. The van der Waals surface area contributed by atoms with Crippen LogP contribution < -0.4 is 5.73 Å². The van der Waals surface area contributed by atoms with Gasteiger partial charge in [0, 0.05) is 6.21 Å². The zero-order valence-electron chi connectivity index (χ0n) is 7.77. The number of hydrogen-bond acceptors (Lipinski definition) is 2. The van der Waals surface area contributed by atoms with Crippen LogP contribution in [0, 0.1) is 0 Å². The van der Waals surface area contributed by atoms with Gasteiger partial charge in [0.1, 0.15) is 0 Å². The molecule has 0 heterocycles. The number of nitrogens with zero attached hydrogens (tertiary/aromatic N) is 1. The van der Waals surface area contributed by atoms with Gasteiger partial charge < -0.3 is 5.73 Å². The Morgan fingerprint density at radius 3 is 2.62 bits per heavy atom. The van der Waals surface area contributed by atoms with Crippen molar-refractivity contribution < 1.29 is 0 Å². The second kappa shape index (κ2) is 5.14. The molecule has 0 radical (unpaired) electrons. The van der Waals surface area contributed by atoms with Crippen LogP contribution in [0.1, 0.15) is 13.3 Å². The molecule has 0 bridgehead atoms. The summed E-state index contributed by atoms with van der Waals surface area (Å²) in [6.45, 7) is 2.05. The summed E-state index contributed by atoms with van der Waals surface area (Å²) < 4.78 is 0. The molecule has 0 saturated heterocycles. The van der Waals surface area contributed by atoms with Gasteiger partial charge in [-0.15, -0.1) is 0 Å². The standard InChI is InChI=1S/C11H14N2/c1-2-10(8-12)9-13-11-6-4-3-5-7-11/h3-9H,2,12H2,1H3/b10-8-,13-9?. The highest BCUT2D eigenvalue weighted by molar-refractivity contribution is 5.80. The largest absolute Gasteiger partial charge is 0.404 e. The maximum absolute atomic E-state index is 5.39. The SMILES string of the molecule is CC/C(C=Nc1ccccc1)=C/N. The molecule has 13 heavy (non-hydrogen) atoms. The average Bonchev–Trinajstić information content (AvgIpc) is 2.21. The van der Waals surface area contributed by atoms with Crippen LogP contribution in [0.15, 0.2) is 47.1 Å². The molecular weight excluding hydrogens is 160 g/mol. The zero-order valence-corrected chi connectivity index (χ0v) is 7.77. The van der Waals surface area contributed by atoms with Crippen LogP contribution in [-0.2, 0) is 0 Å². The summed E-state index contributed by atoms with van der Waals surface area (Å²) in [4.78, 5) is 4.27. The van der Waals surface area contributed by atoms with Crippen LogP contribution in [0.2, 0.25) is 0 Å². The van der Waals surface area contributed by atoms with Crippen LogP contribution in [0.4, 0.5) is 5.69 Å². The van der Waals surface area contributed by atoms with E-state index in [1.807, 2.05) is 30.3 Å². The third-order valence-corrected chi connectivity index (χ3v) is 1.76. The number of hydrogen-bond donors (Lipinski definition) is 1. The monoisotopic (exact) mass is 174 g/mol. The first-order valence-electron chi connectivity index (χ1n) is 4.36. The van der Waals surface area contributed by atoms with Crippen molar-refractivity contribution in [3.05, 3.63) is 42.1 Å². The van der Waals surface area contributed by atoms with E-state index in [2.05, 4.69) is 11.9 Å². The topological polar surface area (TPSA) is 38.4 Å². The third-order valence-electron chi connectivity index (χ3n) is 1.76. The third kappa shape index (κ3) is 3.11. The van der Waals surface area contributed by atoms with Gasteiger partial charge in [-0.05, 0) is 30.3 Å². The van der Waals surface area contributed by atoms with Crippen LogP contribution in [0.3, 0.4) is 0 Å². The molecule has 0 aliphatic carbocycles. The van der Waals surface area contributed by atoms with E-state index in [1.54, 1.807) is 12.4 Å². The number of allylic oxidation sites excluding steroid dienone is 1. The molecule has 2 N–H and O–H groups in total. The maximum atomic E-state index is 5.39. The molecule has 0 aliphatic rings. The molecule has 2 heteroatoms. The van der Waals surface area contributed by atoms with Gasteiger partial charge in [0.2, 0.25) is 0 Å². The highest BCUT2D eigenvalue weighted by Crippen LogP contribution is 2.09. The first-order chi connectivity index (χ1) is 6.36. The summed E-state index contributed by atoms with van der Waals surface area (Å²) in [6.07, 6.45) is 4.30. The normalized spacial score (nSPS) is 12.2. The Labute approximate surface area is 78.8 Å². The molecular formula is C11H14N2. The summed E-state index contributed by atoms with van der Waals surface area (Å²) in [7, 11) is 0. The second-order valence-corrected chi connectivity index (χ2v) is 2.69. The predicted octanol–water partition coefficient (Wildman–Crippen LogP) is 2.64. The van der Waals surface area contributed by atoms with Crippen molar-refractivity contribution in [3.63, 3.8) is 0 Å². The second-order valence-electron chi connectivity index (χ2n) is 2.69. The van der Waals surface area contributed by atoms with Crippen LogP contribution in [0.5, 0.6) is 0 Å². The number of aliphatic imine (C=N–C) groups is 1. The van der Waals surface area contributed by atoms with Gasteiger partial charge in [-0.3, -0.25) is 4.99 Å². The van der Waals surface area contributed by atoms with Gasteiger partial charge >= 0.3 is 0 Å². The average molecular weight is 174 g/mol. The van der Waals surface area contributed by atoms with E-state index in [9.17, 15) is 0 Å². The van der Waals surface area contributed by atoms with Gasteiger partial charge in [0.15, 0.2) is 0 Å². The highest BCUT2D eigenvalue weighted by atomic mass is 14.7. The van der Waals surface area contributed by atoms with Crippen molar-refractivity contribution in [1.82, 2.24) is 0 Å². The number of rotatable bonds is 3. The molecule has 1 aromatic rings. The number of benzene rings is 1. The molecule has 1 aromatic carbocycles. The Kier molecular flexibility index (Phi) is 3.76. The Bertz CT molecular complexity index is 299. The molecule has 1 rings (SSSR count). The van der Waals surface area contributed by atoms with Crippen molar-refractivity contribution in [2.24, 2.45) is 10.7 Å². The fourth-order valence-electron chi connectivity index (χ4n) is 0.924. The van der Waals surface area contributed by atoms with Crippen molar-refractivity contribution in [2.45, 2.75) is 13.3 Å². The lowest BCUT2D eigenvalue weighted by Gasteiger charge is -1.94. The molecule has 68 valence electrons. The van der Waals surface area contributed by atoms with Crippen molar-refractivity contribution >= 4 is 11.9 Å². The van der Waals surface area contributed by atoms with E-state index < -0.39 is 0 Å². The lowest BCUT2D eigenvalue weighted by Crippen LogP contribution is -1.88. The van der Waals surface area contributed by atoms with E-state index in [4.69, 9.17) is 5.73 Å². The minimum Gasteiger partial charge on any atom is -0.404 e. The van der Waals surface area contributed by atoms with E-state index >= 15 is 0 Å². The van der Waals surface area contributed by atoms with E-state index in [0.717, 1.165) is 17.7 Å². The number of nitrogens with two attached hydrogens (primary N) is 1. The quantitative estimate of drug-likeness (QED) is 0.703. The molecule has 0 aliphatic heterocycles. The van der Waals surface area contributed by atoms with Gasteiger partial charge in [-0.2, -0.15) is 0 Å². The minimum atomic E-state index is 0.910.